The van der Waals surface area contributed by atoms with Crippen LogP contribution < -0.4 is 9.47 Å². The normalized spacial score (nSPS) is 10.9. The van der Waals surface area contributed by atoms with E-state index in [1.807, 2.05) is 38.1 Å². The minimum absolute atomic E-state index is 0.250. The molecule has 0 spiro atoms. The summed E-state index contributed by atoms with van der Waals surface area (Å²) in [7, 11) is 4.04. The Bertz CT molecular complexity index is 1300. The highest BCUT2D eigenvalue weighted by molar-refractivity contribution is 7.96. The van der Waals surface area contributed by atoms with Crippen molar-refractivity contribution >= 4 is 32.6 Å². The van der Waals surface area contributed by atoms with Gasteiger partial charge in [0.2, 0.25) is 0 Å². The fourth-order valence-electron chi connectivity index (χ4n) is 3.82. The van der Waals surface area contributed by atoms with E-state index < -0.39 is 0 Å². The van der Waals surface area contributed by atoms with Gasteiger partial charge in [0.1, 0.15) is 35.5 Å². The lowest BCUT2D eigenvalue weighted by Gasteiger charge is -2.04. The van der Waals surface area contributed by atoms with Crippen LogP contribution in [0, 0.1) is 0 Å². The summed E-state index contributed by atoms with van der Waals surface area (Å²) in [5.41, 5.74) is 1.40. The van der Waals surface area contributed by atoms with E-state index in [0.717, 1.165) is 17.3 Å². The second-order valence-corrected chi connectivity index (χ2v) is 13.2. The average molecular weight is 615 g/mol. The summed E-state index contributed by atoms with van der Waals surface area (Å²) in [6, 6.07) is 44.1. The zero-order valence-electron chi connectivity index (χ0n) is 27.1. The van der Waals surface area contributed by atoms with Gasteiger partial charge in [-0.25, -0.2) is 0 Å². The van der Waals surface area contributed by atoms with Gasteiger partial charge in [0, 0.05) is 27.4 Å². The lowest BCUT2D eigenvalue weighted by molar-refractivity contribution is 0.414. The molecular formula is C39H50O2S2+2. The van der Waals surface area contributed by atoms with Crippen LogP contribution in [0.4, 0.5) is 0 Å². The maximum atomic E-state index is 5.17. The van der Waals surface area contributed by atoms with Crippen molar-refractivity contribution in [3.05, 3.63) is 146 Å². The third-order valence-electron chi connectivity index (χ3n) is 6.24. The Hall–Kier alpha value is -3.60. The first-order valence-corrected chi connectivity index (χ1v) is 18.1. The summed E-state index contributed by atoms with van der Waals surface area (Å²) in [6.45, 7) is 12.2. The summed E-state index contributed by atoms with van der Waals surface area (Å²) >= 11 is 0. The van der Waals surface area contributed by atoms with Crippen LogP contribution in [-0.2, 0) is 27.5 Å². The first-order valence-electron chi connectivity index (χ1n) is 14.5. The smallest absolute Gasteiger partial charge is 0.155 e. The number of hydrogen-bond donors (Lipinski definition) is 0. The van der Waals surface area contributed by atoms with Gasteiger partial charge < -0.3 is 9.47 Å². The Kier molecular flexibility index (Phi) is 20.0. The van der Waals surface area contributed by atoms with Crippen LogP contribution in [0.25, 0.3) is 10.8 Å². The topological polar surface area (TPSA) is 18.5 Å². The largest absolute Gasteiger partial charge is 0.497 e. The van der Waals surface area contributed by atoms with Crippen molar-refractivity contribution in [3.8, 4) is 11.5 Å². The number of rotatable bonds is 7. The number of hydrogen-bond acceptors (Lipinski definition) is 2. The molecule has 4 heteroatoms. The quantitative estimate of drug-likeness (QED) is 0.134. The molecule has 0 heterocycles. The first kappa shape index (κ1) is 37.4. The number of methoxy groups -OCH3 is 2. The van der Waals surface area contributed by atoms with Gasteiger partial charge in [0.15, 0.2) is 9.79 Å². The van der Waals surface area contributed by atoms with Crippen molar-refractivity contribution in [2.45, 2.75) is 36.3 Å². The third-order valence-corrected chi connectivity index (χ3v) is 10.0. The van der Waals surface area contributed by atoms with E-state index in [1.54, 1.807) is 14.2 Å². The zero-order chi connectivity index (χ0) is 31.9. The SMILES string of the molecule is C=C.CC.CC[S+](C)c1ccc(OC)cc1.COc1ccc([S+](C)Cc2ccccc2)cc1.c1ccc2ccccc2c1. The van der Waals surface area contributed by atoms with Gasteiger partial charge in [0.05, 0.1) is 14.2 Å². The van der Waals surface area contributed by atoms with Gasteiger partial charge in [-0.1, -0.05) is 92.7 Å². The Morgan fingerprint density at radius 1 is 0.512 bits per heavy atom. The van der Waals surface area contributed by atoms with E-state index in [-0.39, 0.29) is 10.9 Å². The van der Waals surface area contributed by atoms with Crippen molar-refractivity contribution in [1.29, 1.82) is 0 Å². The Morgan fingerprint density at radius 3 is 1.21 bits per heavy atom. The fraction of sp³-hybridized carbons (Fsp3) is 0.231. The Balaban J connectivity index is 0.000000314. The molecule has 0 aliphatic heterocycles. The van der Waals surface area contributed by atoms with E-state index >= 15 is 0 Å². The Labute approximate surface area is 267 Å². The van der Waals surface area contributed by atoms with Gasteiger partial charge in [-0.3, -0.25) is 0 Å². The molecule has 0 saturated heterocycles. The minimum Gasteiger partial charge on any atom is -0.497 e. The van der Waals surface area contributed by atoms with Gasteiger partial charge in [0.25, 0.3) is 0 Å². The highest BCUT2D eigenvalue weighted by Crippen LogP contribution is 2.20. The number of ether oxygens (including phenoxy) is 2. The van der Waals surface area contributed by atoms with E-state index in [9.17, 15) is 0 Å². The van der Waals surface area contributed by atoms with Gasteiger partial charge in [-0.2, -0.15) is 0 Å². The summed E-state index contributed by atoms with van der Waals surface area (Å²) < 4.78 is 10.3. The summed E-state index contributed by atoms with van der Waals surface area (Å²) in [5, 5.41) is 2.62. The number of benzene rings is 5. The van der Waals surface area contributed by atoms with E-state index in [4.69, 9.17) is 9.47 Å². The molecule has 2 nitrogen and oxygen atoms in total. The molecule has 2 unspecified atom stereocenters. The summed E-state index contributed by atoms with van der Waals surface area (Å²) in [5.74, 6) is 4.18. The lowest BCUT2D eigenvalue weighted by atomic mass is 10.1. The van der Waals surface area contributed by atoms with Crippen molar-refractivity contribution in [2.75, 3.05) is 32.5 Å². The maximum Gasteiger partial charge on any atom is 0.155 e. The molecule has 0 aromatic heterocycles. The maximum absolute atomic E-state index is 5.17. The molecule has 0 fully saturated rings. The minimum atomic E-state index is 0.250. The molecule has 5 aromatic rings. The van der Waals surface area contributed by atoms with Gasteiger partial charge in [-0.05, 0) is 66.2 Å². The lowest BCUT2D eigenvalue weighted by Crippen LogP contribution is -2.03. The van der Waals surface area contributed by atoms with Crippen molar-refractivity contribution < 1.29 is 9.47 Å². The highest BCUT2D eigenvalue weighted by Gasteiger charge is 2.15. The molecule has 0 amide bonds. The van der Waals surface area contributed by atoms with Crippen molar-refractivity contribution in [2.24, 2.45) is 0 Å². The van der Waals surface area contributed by atoms with Gasteiger partial charge >= 0.3 is 0 Å². The molecule has 43 heavy (non-hydrogen) atoms. The Morgan fingerprint density at radius 2 is 0.860 bits per heavy atom. The first-order chi connectivity index (χ1) is 21.0. The fourth-order valence-corrected chi connectivity index (χ4v) is 6.22. The van der Waals surface area contributed by atoms with Crippen LogP contribution in [-0.4, -0.2) is 32.5 Å². The average Bonchev–Trinajstić information content (AvgIpc) is 3.11. The van der Waals surface area contributed by atoms with Crippen molar-refractivity contribution in [1.82, 2.24) is 0 Å². The van der Waals surface area contributed by atoms with Crippen LogP contribution in [0.5, 0.6) is 11.5 Å². The molecule has 228 valence electrons. The second-order valence-electron chi connectivity index (χ2n) is 8.89. The van der Waals surface area contributed by atoms with Crippen LogP contribution >= 0.6 is 0 Å². The summed E-state index contributed by atoms with van der Waals surface area (Å²) in [6.07, 6.45) is 4.55. The van der Waals surface area contributed by atoms with E-state index in [2.05, 4.69) is 136 Å². The molecule has 0 radical (unpaired) electrons. The molecule has 0 aliphatic carbocycles. The standard InChI is InChI=1S/C15H17OS.C10H15OS.C10H8.C2H6.C2H4/c1-16-14-8-10-15(11-9-14)17(2)12-13-6-4-3-5-7-13;1-4-12(3)10-7-5-9(11-2)6-8-10;1-2-6-10-8-4-3-7-9(10)5-1;2*1-2/h3-11H,12H2,1-2H3;5-8H,4H2,1-3H3;1-8H;1-2H3;1-2H2/q2*+1;;;. The van der Waals surface area contributed by atoms with Crippen molar-refractivity contribution in [3.63, 3.8) is 0 Å². The predicted molar refractivity (Wildman–Crippen MR) is 196 cm³/mol. The molecule has 5 aromatic carbocycles. The molecule has 5 rings (SSSR count). The molecule has 0 bridgehead atoms. The van der Waals surface area contributed by atoms with Crippen LogP contribution in [0.1, 0.15) is 26.3 Å². The highest BCUT2D eigenvalue weighted by atomic mass is 32.2. The van der Waals surface area contributed by atoms with Crippen LogP contribution in [0.3, 0.4) is 0 Å². The summed E-state index contributed by atoms with van der Waals surface area (Å²) in [4.78, 5) is 2.80. The zero-order valence-corrected chi connectivity index (χ0v) is 28.7. The molecule has 2 atom stereocenters. The third kappa shape index (κ3) is 13.9. The molecular weight excluding hydrogens is 565 g/mol. The molecule has 0 saturated carbocycles. The van der Waals surface area contributed by atoms with Gasteiger partial charge in [-0.15, -0.1) is 13.2 Å². The van der Waals surface area contributed by atoms with Crippen LogP contribution in [0.15, 0.2) is 150 Å². The monoisotopic (exact) mass is 614 g/mol. The van der Waals surface area contributed by atoms with Crippen LogP contribution in [0.2, 0.25) is 0 Å². The second kappa shape index (κ2) is 22.9. The molecule has 0 N–H and O–H groups in total. The van der Waals surface area contributed by atoms with E-state index in [0.29, 0.717) is 10.9 Å². The predicted octanol–water partition coefficient (Wildman–Crippen LogP) is 10.5. The number of fused-ring (bicyclic) bond motifs is 1. The molecule has 0 aliphatic rings. The van der Waals surface area contributed by atoms with E-state index in [1.165, 1.54) is 31.9 Å².